The molecule has 1 aromatic carbocycles. The van der Waals surface area contributed by atoms with Gasteiger partial charge in [-0.15, -0.1) is 0 Å². The molecule has 0 unspecified atom stereocenters. The number of nitrogens with zero attached hydrogens (tertiary/aromatic N) is 1. The Morgan fingerprint density at radius 2 is 2.06 bits per heavy atom. The maximum Gasteiger partial charge on any atom is 0.235 e. The molecule has 0 spiro atoms. The summed E-state index contributed by atoms with van der Waals surface area (Å²) in [6, 6.07) is 4.05. The Hall–Kier alpha value is -1.12. The highest BCUT2D eigenvalue weighted by Gasteiger charge is 2.38. The molecule has 1 saturated carbocycles. The standard InChI is InChI=1S/C14H16BrNO2/c1-10-5-6-11(12(15)13(10)18-2)14(16-9-17)7-3-4-8-14/h5-6H,3-4,7-8H2,1-2H3. The summed E-state index contributed by atoms with van der Waals surface area (Å²) in [6.07, 6.45) is 5.72. The van der Waals surface area contributed by atoms with Crippen LogP contribution in [0.5, 0.6) is 5.75 Å². The van der Waals surface area contributed by atoms with E-state index in [0.29, 0.717) is 0 Å². The fourth-order valence-electron chi connectivity index (χ4n) is 2.75. The van der Waals surface area contributed by atoms with Gasteiger partial charge in [0.25, 0.3) is 0 Å². The summed E-state index contributed by atoms with van der Waals surface area (Å²) in [7, 11) is 1.65. The van der Waals surface area contributed by atoms with E-state index in [2.05, 4.69) is 20.9 Å². The van der Waals surface area contributed by atoms with Gasteiger partial charge in [-0.05, 0) is 46.8 Å². The molecule has 0 bridgehead atoms. The Labute approximate surface area is 115 Å². The number of hydrogen-bond acceptors (Lipinski definition) is 3. The first-order valence-electron chi connectivity index (χ1n) is 6.07. The molecule has 2 rings (SSSR count). The molecular weight excluding hydrogens is 294 g/mol. The maximum atomic E-state index is 10.7. The molecule has 0 aliphatic heterocycles. The van der Waals surface area contributed by atoms with Crippen molar-refractivity contribution in [3.8, 4) is 5.75 Å². The normalized spacial score (nSPS) is 17.3. The Morgan fingerprint density at radius 1 is 1.39 bits per heavy atom. The molecule has 96 valence electrons. The van der Waals surface area contributed by atoms with Crippen LogP contribution >= 0.6 is 15.9 Å². The summed E-state index contributed by atoms with van der Waals surface area (Å²) in [5.74, 6) is 0.819. The topological polar surface area (TPSA) is 38.7 Å². The molecule has 1 aliphatic carbocycles. The second-order valence-corrected chi connectivity index (χ2v) is 5.51. The molecule has 4 heteroatoms. The largest absolute Gasteiger partial charge is 0.495 e. The fraction of sp³-hybridized carbons (Fsp3) is 0.500. The minimum Gasteiger partial charge on any atom is -0.495 e. The summed E-state index contributed by atoms with van der Waals surface area (Å²) in [6.45, 7) is 2.00. The van der Waals surface area contributed by atoms with Crippen LogP contribution in [-0.2, 0) is 10.3 Å². The number of aliphatic imine (C=N–C) groups is 1. The molecule has 0 atom stereocenters. The van der Waals surface area contributed by atoms with Crippen LogP contribution in [0.2, 0.25) is 0 Å². The molecule has 0 N–H and O–H groups in total. The quantitative estimate of drug-likeness (QED) is 0.628. The molecule has 1 fully saturated rings. The molecule has 0 aromatic heterocycles. The zero-order chi connectivity index (χ0) is 13.2. The molecule has 18 heavy (non-hydrogen) atoms. The van der Waals surface area contributed by atoms with Gasteiger partial charge in [-0.25, -0.2) is 4.79 Å². The molecule has 0 radical (unpaired) electrons. The summed E-state index contributed by atoms with van der Waals surface area (Å²) in [5, 5.41) is 0. The van der Waals surface area contributed by atoms with E-state index in [-0.39, 0.29) is 0 Å². The van der Waals surface area contributed by atoms with Crippen LogP contribution in [0.25, 0.3) is 0 Å². The van der Waals surface area contributed by atoms with E-state index in [4.69, 9.17) is 4.74 Å². The number of benzene rings is 1. The summed E-state index contributed by atoms with van der Waals surface area (Å²) < 4.78 is 6.32. The van der Waals surface area contributed by atoms with Crippen LogP contribution in [0.3, 0.4) is 0 Å². The third kappa shape index (κ3) is 2.11. The first kappa shape index (κ1) is 13.3. The zero-order valence-corrected chi connectivity index (χ0v) is 12.2. The van der Waals surface area contributed by atoms with Crippen molar-refractivity contribution in [3.63, 3.8) is 0 Å². The molecule has 0 amide bonds. The maximum absolute atomic E-state index is 10.7. The molecular formula is C14H16BrNO2. The number of aryl methyl sites for hydroxylation is 1. The fourth-order valence-corrected chi connectivity index (χ4v) is 3.73. The van der Waals surface area contributed by atoms with Gasteiger partial charge in [0, 0.05) is 0 Å². The first-order chi connectivity index (χ1) is 8.64. The van der Waals surface area contributed by atoms with Crippen molar-refractivity contribution in [2.45, 2.75) is 38.1 Å². The summed E-state index contributed by atoms with van der Waals surface area (Å²) in [5.41, 5.74) is 1.68. The van der Waals surface area contributed by atoms with Crippen molar-refractivity contribution in [2.75, 3.05) is 7.11 Å². The van der Waals surface area contributed by atoms with Crippen molar-refractivity contribution in [1.82, 2.24) is 0 Å². The van der Waals surface area contributed by atoms with Crippen LogP contribution in [0.1, 0.15) is 36.8 Å². The Kier molecular flexibility index (Phi) is 3.88. The monoisotopic (exact) mass is 309 g/mol. The van der Waals surface area contributed by atoms with E-state index in [1.807, 2.05) is 19.1 Å². The lowest BCUT2D eigenvalue weighted by Crippen LogP contribution is -2.20. The number of rotatable bonds is 3. The average Bonchev–Trinajstić information content (AvgIpc) is 2.79. The Bertz CT molecular complexity index is 501. The lowest BCUT2D eigenvalue weighted by Gasteiger charge is -2.25. The van der Waals surface area contributed by atoms with Gasteiger partial charge in [0.2, 0.25) is 6.08 Å². The molecule has 0 heterocycles. The van der Waals surface area contributed by atoms with E-state index in [0.717, 1.165) is 47.0 Å². The minimum atomic E-state index is -0.415. The predicted molar refractivity (Wildman–Crippen MR) is 73.7 cm³/mol. The highest BCUT2D eigenvalue weighted by Crippen LogP contribution is 2.47. The Balaban J connectivity index is 2.59. The third-order valence-electron chi connectivity index (χ3n) is 3.69. The highest BCUT2D eigenvalue weighted by molar-refractivity contribution is 9.10. The lowest BCUT2D eigenvalue weighted by molar-refractivity contribution is 0.401. The number of halogens is 1. The number of ether oxygens (including phenoxy) is 1. The Morgan fingerprint density at radius 3 is 2.61 bits per heavy atom. The van der Waals surface area contributed by atoms with Crippen molar-refractivity contribution < 1.29 is 9.53 Å². The lowest BCUT2D eigenvalue weighted by atomic mass is 9.88. The molecule has 1 aliphatic rings. The average molecular weight is 310 g/mol. The van der Waals surface area contributed by atoms with Gasteiger partial charge in [0.05, 0.1) is 17.1 Å². The van der Waals surface area contributed by atoms with E-state index < -0.39 is 5.54 Å². The van der Waals surface area contributed by atoms with Crippen LogP contribution in [0.4, 0.5) is 0 Å². The number of isocyanates is 1. The van der Waals surface area contributed by atoms with Crippen LogP contribution in [0, 0.1) is 6.92 Å². The van der Waals surface area contributed by atoms with Gasteiger partial charge in [0.1, 0.15) is 5.75 Å². The van der Waals surface area contributed by atoms with E-state index >= 15 is 0 Å². The van der Waals surface area contributed by atoms with Gasteiger partial charge in [-0.3, -0.25) is 0 Å². The van der Waals surface area contributed by atoms with Crippen LogP contribution in [-0.4, -0.2) is 13.2 Å². The van der Waals surface area contributed by atoms with Gasteiger partial charge >= 0.3 is 0 Å². The van der Waals surface area contributed by atoms with Gasteiger partial charge in [0.15, 0.2) is 0 Å². The SMILES string of the molecule is COc1c(C)ccc(C2(N=C=O)CCCC2)c1Br. The number of hydrogen-bond donors (Lipinski definition) is 0. The van der Waals surface area contributed by atoms with E-state index in [1.54, 1.807) is 13.2 Å². The molecule has 3 nitrogen and oxygen atoms in total. The van der Waals surface area contributed by atoms with Crippen molar-refractivity contribution in [2.24, 2.45) is 4.99 Å². The first-order valence-corrected chi connectivity index (χ1v) is 6.86. The second kappa shape index (κ2) is 5.25. The van der Waals surface area contributed by atoms with Crippen LogP contribution in [0.15, 0.2) is 21.6 Å². The van der Waals surface area contributed by atoms with Gasteiger partial charge in [-0.2, -0.15) is 4.99 Å². The minimum absolute atomic E-state index is 0.415. The predicted octanol–water partition coefficient (Wildman–Crippen LogP) is 3.87. The van der Waals surface area contributed by atoms with Crippen molar-refractivity contribution in [1.29, 1.82) is 0 Å². The zero-order valence-electron chi connectivity index (χ0n) is 10.6. The van der Waals surface area contributed by atoms with Gasteiger partial charge in [-0.1, -0.05) is 25.0 Å². The molecule has 0 saturated heterocycles. The smallest absolute Gasteiger partial charge is 0.235 e. The number of carbonyl (C=O) groups excluding carboxylic acids is 1. The van der Waals surface area contributed by atoms with E-state index in [9.17, 15) is 4.79 Å². The van der Waals surface area contributed by atoms with Crippen LogP contribution < -0.4 is 4.74 Å². The highest BCUT2D eigenvalue weighted by atomic mass is 79.9. The second-order valence-electron chi connectivity index (χ2n) is 4.72. The summed E-state index contributed by atoms with van der Waals surface area (Å²) in [4.78, 5) is 14.8. The van der Waals surface area contributed by atoms with Gasteiger partial charge < -0.3 is 4.74 Å². The van der Waals surface area contributed by atoms with Crippen molar-refractivity contribution >= 4 is 22.0 Å². The number of methoxy groups -OCH3 is 1. The third-order valence-corrected chi connectivity index (χ3v) is 4.48. The van der Waals surface area contributed by atoms with E-state index in [1.165, 1.54) is 0 Å². The summed E-state index contributed by atoms with van der Waals surface area (Å²) >= 11 is 3.59. The van der Waals surface area contributed by atoms with Crippen molar-refractivity contribution in [3.05, 3.63) is 27.7 Å². The molecule has 1 aromatic rings.